The van der Waals surface area contributed by atoms with Crippen molar-refractivity contribution in [3.8, 4) is 11.4 Å². The minimum atomic E-state index is -0.413. The second-order valence-electron chi connectivity index (χ2n) is 5.72. The van der Waals surface area contributed by atoms with Gasteiger partial charge in [0.25, 0.3) is 5.69 Å². The van der Waals surface area contributed by atoms with Crippen LogP contribution in [0.4, 0.5) is 11.5 Å². The van der Waals surface area contributed by atoms with E-state index in [1.165, 1.54) is 12.1 Å². The molecule has 0 saturated carbocycles. The normalized spacial score (nSPS) is 10.8. The van der Waals surface area contributed by atoms with Crippen molar-refractivity contribution in [1.29, 1.82) is 0 Å². The highest BCUT2D eigenvalue weighted by Crippen LogP contribution is 2.23. The van der Waals surface area contributed by atoms with E-state index in [-0.39, 0.29) is 5.69 Å². The van der Waals surface area contributed by atoms with Crippen molar-refractivity contribution < 1.29 is 4.92 Å². The van der Waals surface area contributed by atoms with Crippen molar-refractivity contribution in [2.24, 2.45) is 0 Å². The molecule has 0 N–H and O–H groups in total. The largest absolute Gasteiger partial charge is 0.358 e. The summed E-state index contributed by atoms with van der Waals surface area (Å²) in [5, 5.41) is 10.9. The average Bonchev–Trinajstić information content (AvgIpc) is 2.52. The zero-order valence-corrected chi connectivity index (χ0v) is 13.9. The van der Waals surface area contributed by atoms with E-state index in [4.69, 9.17) is 0 Å². The molecule has 0 unspecified atom stereocenters. The lowest BCUT2D eigenvalue weighted by molar-refractivity contribution is -0.384. The highest BCUT2D eigenvalue weighted by molar-refractivity contribution is 5.61. The number of aromatic nitrogens is 2. The van der Waals surface area contributed by atoms with Crippen molar-refractivity contribution in [3.63, 3.8) is 0 Å². The number of aryl methyl sites for hydroxylation is 1. The van der Waals surface area contributed by atoms with Gasteiger partial charge in [-0.1, -0.05) is 12.1 Å². The van der Waals surface area contributed by atoms with Gasteiger partial charge in [-0.25, -0.2) is 9.97 Å². The SMILES string of the molecule is Cc1cc(N(C)CCN(C)C)nc(-c2cccc([N+](=O)[O-])c2)n1. The number of nitro groups is 1. The molecule has 0 aliphatic carbocycles. The van der Waals surface area contributed by atoms with Gasteiger partial charge in [0.1, 0.15) is 5.82 Å². The van der Waals surface area contributed by atoms with Crippen LogP contribution >= 0.6 is 0 Å². The van der Waals surface area contributed by atoms with Crippen molar-refractivity contribution in [1.82, 2.24) is 14.9 Å². The Kier molecular flexibility index (Phi) is 5.23. The Morgan fingerprint density at radius 1 is 1.13 bits per heavy atom. The van der Waals surface area contributed by atoms with Crippen LogP contribution in [0, 0.1) is 17.0 Å². The van der Waals surface area contributed by atoms with E-state index in [1.54, 1.807) is 12.1 Å². The molecule has 0 fully saturated rings. The maximum absolute atomic E-state index is 10.9. The summed E-state index contributed by atoms with van der Waals surface area (Å²) < 4.78 is 0. The molecule has 0 bridgehead atoms. The van der Waals surface area contributed by atoms with Gasteiger partial charge in [-0.05, 0) is 21.0 Å². The highest BCUT2D eigenvalue weighted by atomic mass is 16.6. The molecule has 7 heteroatoms. The Morgan fingerprint density at radius 3 is 2.52 bits per heavy atom. The van der Waals surface area contributed by atoms with Crippen LogP contribution < -0.4 is 4.90 Å². The third-order valence-corrected chi connectivity index (χ3v) is 3.43. The van der Waals surface area contributed by atoms with Crippen LogP contribution in [0.15, 0.2) is 30.3 Å². The number of likely N-dealkylation sites (N-methyl/N-ethyl adjacent to an activating group) is 2. The monoisotopic (exact) mass is 315 g/mol. The predicted molar refractivity (Wildman–Crippen MR) is 90.7 cm³/mol. The topological polar surface area (TPSA) is 75.4 Å². The predicted octanol–water partition coefficient (Wildman–Crippen LogP) is 2.36. The summed E-state index contributed by atoms with van der Waals surface area (Å²) in [7, 11) is 6.02. The summed E-state index contributed by atoms with van der Waals surface area (Å²) in [4.78, 5) is 23.6. The van der Waals surface area contributed by atoms with Crippen LogP contribution in [0.5, 0.6) is 0 Å². The summed E-state index contributed by atoms with van der Waals surface area (Å²) in [6.45, 7) is 3.63. The van der Waals surface area contributed by atoms with Gasteiger partial charge in [0, 0.05) is 49.6 Å². The second kappa shape index (κ2) is 7.15. The quantitative estimate of drug-likeness (QED) is 0.602. The van der Waals surface area contributed by atoms with E-state index in [0.29, 0.717) is 11.4 Å². The van der Waals surface area contributed by atoms with E-state index < -0.39 is 4.92 Å². The van der Waals surface area contributed by atoms with E-state index in [2.05, 4.69) is 19.8 Å². The molecule has 1 aromatic carbocycles. The standard InChI is InChI=1S/C16H21N5O2/c1-12-10-15(20(4)9-8-19(2)3)18-16(17-12)13-6-5-7-14(11-13)21(22)23/h5-7,10-11H,8-9H2,1-4H3. The zero-order valence-electron chi connectivity index (χ0n) is 13.9. The van der Waals surface area contributed by atoms with Gasteiger partial charge < -0.3 is 9.80 Å². The number of hydrogen-bond donors (Lipinski definition) is 0. The van der Waals surface area contributed by atoms with Crippen LogP contribution in [-0.2, 0) is 0 Å². The molecule has 1 aromatic heterocycles. The second-order valence-corrected chi connectivity index (χ2v) is 5.72. The van der Waals surface area contributed by atoms with Gasteiger partial charge in [0.05, 0.1) is 4.92 Å². The lowest BCUT2D eigenvalue weighted by Gasteiger charge is -2.21. The molecule has 0 aliphatic heterocycles. The van der Waals surface area contributed by atoms with Crippen LogP contribution in [-0.4, -0.2) is 54.0 Å². The summed E-state index contributed by atoms with van der Waals surface area (Å²) in [6.07, 6.45) is 0. The number of anilines is 1. The summed E-state index contributed by atoms with van der Waals surface area (Å²) in [5.74, 6) is 1.31. The van der Waals surface area contributed by atoms with Gasteiger partial charge >= 0.3 is 0 Å². The maximum Gasteiger partial charge on any atom is 0.270 e. The lowest BCUT2D eigenvalue weighted by Crippen LogP contribution is -2.29. The molecular weight excluding hydrogens is 294 g/mol. The fourth-order valence-electron chi connectivity index (χ4n) is 2.10. The summed E-state index contributed by atoms with van der Waals surface area (Å²) >= 11 is 0. The van der Waals surface area contributed by atoms with Gasteiger partial charge in [-0.15, -0.1) is 0 Å². The van der Waals surface area contributed by atoms with Crippen molar-refractivity contribution in [2.75, 3.05) is 39.1 Å². The first-order valence-corrected chi connectivity index (χ1v) is 7.33. The summed E-state index contributed by atoms with van der Waals surface area (Å²) in [6, 6.07) is 8.30. The van der Waals surface area contributed by atoms with Gasteiger partial charge in [0.2, 0.25) is 0 Å². The Bertz CT molecular complexity index is 703. The molecule has 2 rings (SSSR count). The molecular formula is C16H21N5O2. The molecule has 0 radical (unpaired) electrons. The number of rotatable bonds is 6. The smallest absolute Gasteiger partial charge is 0.270 e. The molecule has 0 aliphatic rings. The zero-order chi connectivity index (χ0) is 17.0. The molecule has 0 spiro atoms. The fraction of sp³-hybridized carbons (Fsp3) is 0.375. The maximum atomic E-state index is 10.9. The highest BCUT2D eigenvalue weighted by Gasteiger charge is 2.12. The van der Waals surface area contributed by atoms with Gasteiger partial charge in [-0.3, -0.25) is 10.1 Å². The average molecular weight is 315 g/mol. The van der Waals surface area contributed by atoms with E-state index in [0.717, 1.165) is 24.6 Å². The molecule has 0 amide bonds. The lowest BCUT2D eigenvalue weighted by atomic mass is 10.2. The Labute approximate surface area is 135 Å². The minimum absolute atomic E-state index is 0.0371. The van der Waals surface area contributed by atoms with Gasteiger partial charge in [0.15, 0.2) is 5.82 Å². The molecule has 7 nitrogen and oxygen atoms in total. The number of nitro benzene ring substituents is 1. The first kappa shape index (κ1) is 16.8. The Morgan fingerprint density at radius 2 is 1.87 bits per heavy atom. The summed E-state index contributed by atoms with van der Waals surface area (Å²) in [5.41, 5.74) is 1.51. The number of nitrogens with zero attached hydrogens (tertiary/aromatic N) is 5. The van der Waals surface area contributed by atoms with E-state index in [1.807, 2.05) is 34.1 Å². The molecule has 23 heavy (non-hydrogen) atoms. The Hall–Kier alpha value is -2.54. The van der Waals surface area contributed by atoms with Crippen LogP contribution in [0.3, 0.4) is 0 Å². The first-order valence-electron chi connectivity index (χ1n) is 7.33. The van der Waals surface area contributed by atoms with E-state index in [9.17, 15) is 10.1 Å². The molecule has 0 atom stereocenters. The molecule has 2 aromatic rings. The van der Waals surface area contributed by atoms with Crippen molar-refractivity contribution in [3.05, 3.63) is 46.1 Å². The van der Waals surface area contributed by atoms with Crippen LogP contribution in [0.2, 0.25) is 0 Å². The van der Waals surface area contributed by atoms with Crippen LogP contribution in [0.1, 0.15) is 5.69 Å². The molecule has 122 valence electrons. The number of benzene rings is 1. The van der Waals surface area contributed by atoms with Crippen LogP contribution in [0.25, 0.3) is 11.4 Å². The molecule has 1 heterocycles. The number of non-ortho nitro benzene ring substituents is 1. The third kappa shape index (κ3) is 4.46. The minimum Gasteiger partial charge on any atom is -0.358 e. The van der Waals surface area contributed by atoms with Gasteiger partial charge in [-0.2, -0.15) is 0 Å². The first-order chi connectivity index (χ1) is 10.9. The van der Waals surface area contributed by atoms with E-state index >= 15 is 0 Å². The third-order valence-electron chi connectivity index (χ3n) is 3.43. The van der Waals surface area contributed by atoms with Crippen molar-refractivity contribution >= 4 is 11.5 Å². The number of hydrogen-bond acceptors (Lipinski definition) is 6. The molecule has 0 saturated heterocycles. The van der Waals surface area contributed by atoms with Crippen molar-refractivity contribution in [2.45, 2.75) is 6.92 Å². The Balaban J connectivity index is 2.33. The fourth-order valence-corrected chi connectivity index (χ4v) is 2.10.